The maximum Gasteiger partial charge on any atom is 0.272 e. The fourth-order valence-electron chi connectivity index (χ4n) is 2.59. The van der Waals surface area contributed by atoms with Crippen molar-refractivity contribution in [3.05, 3.63) is 30.3 Å². The minimum absolute atomic E-state index is 0.0973. The highest BCUT2D eigenvalue weighted by atomic mass is 32.2. The Kier molecular flexibility index (Phi) is 5.50. The van der Waals surface area contributed by atoms with E-state index < -0.39 is 15.4 Å². The lowest BCUT2D eigenvalue weighted by Crippen LogP contribution is -2.48. The summed E-state index contributed by atoms with van der Waals surface area (Å²) in [5, 5.41) is 10.4. The van der Waals surface area contributed by atoms with Gasteiger partial charge in [0.2, 0.25) is 15.4 Å². The topological polar surface area (TPSA) is 95.5 Å². The van der Waals surface area contributed by atoms with Gasteiger partial charge < -0.3 is 10.2 Å². The van der Waals surface area contributed by atoms with Gasteiger partial charge in [0.15, 0.2) is 0 Å². The molecule has 3 rings (SSSR count). The summed E-state index contributed by atoms with van der Waals surface area (Å²) in [7, 11) is -3.72. The lowest BCUT2D eigenvalue weighted by molar-refractivity contribution is -0.123. The van der Waals surface area contributed by atoms with E-state index in [1.807, 2.05) is 30.3 Å². The van der Waals surface area contributed by atoms with Gasteiger partial charge >= 0.3 is 0 Å². The molecule has 1 amide bonds. The zero-order valence-electron chi connectivity index (χ0n) is 15.5. The van der Waals surface area contributed by atoms with Crippen LogP contribution in [0.25, 0.3) is 0 Å². The minimum atomic E-state index is -3.72. The van der Waals surface area contributed by atoms with Gasteiger partial charge in [-0.25, -0.2) is 8.42 Å². The minimum Gasteiger partial charge on any atom is -0.369 e. The highest BCUT2D eigenvalue weighted by Crippen LogP contribution is 2.26. The third-order valence-electron chi connectivity index (χ3n) is 4.23. The number of piperazine rings is 1. The normalized spacial score (nSPS) is 16.3. The van der Waals surface area contributed by atoms with Crippen LogP contribution in [0, 0.1) is 5.41 Å². The monoisotopic (exact) mass is 409 g/mol. The summed E-state index contributed by atoms with van der Waals surface area (Å²) in [6.07, 6.45) is 0. The predicted molar refractivity (Wildman–Crippen MR) is 105 cm³/mol. The number of nitrogens with one attached hydrogen (secondary N) is 1. The zero-order chi connectivity index (χ0) is 19.7. The number of amides is 1. The number of anilines is 2. The highest BCUT2D eigenvalue weighted by molar-refractivity contribution is 7.91. The first-order valence-corrected chi connectivity index (χ1v) is 10.9. The summed E-state index contributed by atoms with van der Waals surface area (Å²) >= 11 is 0.878. The largest absolute Gasteiger partial charge is 0.369 e. The molecule has 1 aliphatic rings. The molecule has 8 nitrogen and oxygen atoms in total. The second-order valence-corrected chi connectivity index (χ2v) is 10.4. The Bertz CT molecular complexity index is 898. The van der Waals surface area contributed by atoms with Crippen LogP contribution < -0.4 is 10.2 Å². The van der Waals surface area contributed by atoms with E-state index in [2.05, 4.69) is 20.4 Å². The van der Waals surface area contributed by atoms with Crippen LogP contribution in [0.4, 0.5) is 10.8 Å². The van der Waals surface area contributed by atoms with Gasteiger partial charge in [-0.3, -0.25) is 4.79 Å². The van der Waals surface area contributed by atoms with Crippen molar-refractivity contribution < 1.29 is 13.2 Å². The van der Waals surface area contributed by atoms with Crippen molar-refractivity contribution in [1.29, 1.82) is 0 Å². The predicted octanol–water partition coefficient (Wildman–Crippen LogP) is 2.03. The molecule has 0 radical (unpaired) electrons. The molecule has 27 heavy (non-hydrogen) atoms. The SMILES string of the molecule is CC(C)(C)C(=O)Nc1nnc(S(=O)(=O)N2CCN(c3ccccc3)CC2)s1. The van der Waals surface area contributed by atoms with Crippen LogP contribution in [0.3, 0.4) is 0 Å². The molecule has 0 atom stereocenters. The Morgan fingerprint density at radius 3 is 2.30 bits per heavy atom. The van der Waals surface area contributed by atoms with Crippen molar-refractivity contribution in [2.24, 2.45) is 5.41 Å². The summed E-state index contributed by atoms with van der Waals surface area (Å²) in [5.41, 5.74) is 0.482. The van der Waals surface area contributed by atoms with Crippen molar-refractivity contribution >= 4 is 38.1 Å². The number of benzene rings is 1. The molecule has 1 aromatic carbocycles. The molecule has 0 aliphatic carbocycles. The van der Waals surface area contributed by atoms with Crippen LogP contribution in [-0.4, -0.2) is 55.0 Å². The van der Waals surface area contributed by atoms with E-state index in [1.54, 1.807) is 20.8 Å². The smallest absolute Gasteiger partial charge is 0.272 e. The number of hydrogen-bond donors (Lipinski definition) is 1. The molecular formula is C17H23N5O3S2. The standard InChI is InChI=1S/C17H23N5O3S2/c1-17(2,3)14(23)18-15-19-20-16(26-15)27(24,25)22-11-9-21(10-12-22)13-7-5-4-6-8-13/h4-8H,9-12H2,1-3H3,(H,18,19,23). The fraction of sp³-hybridized carbons (Fsp3) is 0.471. The van der Waals surface area contributed by atoms with Crippen molar-refractivity contribution in [3.8, 4) is 0 Å². The molecule has 10 heteroatoms. The summed E-state index contributed by atoms with van der Waals surface area (Å²) < 4.78 is 27.0. The van der Waals surface area contributed by atoms with Gasteiger partial charge in [-0.05, 0) is 12.1 Å². The average molecular weight is 410 g/mol. The first kappa shape index (κ1) is 19.7. The van der Waals surface area contributed by atoms with Crippen molar-refractivity contribution in [2.45, 2.75) is 25.1 Å². The van der Waals surface area contributed by atoms with Gasteiger partial charge in [0.1, 0.15) is 0 Å². The highest BCUT2D eigenvalue weighted by Gasteiger charge is 2.32. The van der Waals surface area contributed by atoms with Crippen LogP contribution >= 0.6 is 11.3 Å². The Morgan fingerprint density at radius 1 is 1.07 bits per heavy atom. The summed E-state index contributed by atoms with van der Waals surface area (Å²) in [5.74, 6) is -0.237. The van der Waals surface area contributed by atoms with Gasteiger partial charge in [0.25, 0.3) is 10.0 Å². The quantitative estimate of drug-likeness (QED) is 0.777. The number of nitrogens with zero attached hydrogens (tertiary/aromatic N) is 4. The van der Waals surface area contributed by atoms with Gasteiger partial charge in [-0.15, -0.1) is 10.2 Å². The molecule has 1 aliphatic heterocycles. The number of para-hydroxylation sites is 1. The Hall–Kier alpha value is -2.04. The maximum atomic E-state index is 12.8. The summed E-state index contributed by atoms with van der Waals surface area (Å²) in [6, 6.07) is 9.91. The number of rotatable bonds is 4. The van der Waals surface area contributed by atoms with Crippen LogP contribution in [0.15, 0.2) is 34.7 Å². The summed E-state index contributed by atoms with van der Waals surface area (Å²) in [6.45, 7) is 7.28. The number of carbonyl (C=O) groups is 1. The molecule has 0 unspecified atom stereocenters. The molecule has 1 saturated heterocycles. The molecule has 0 saturated carbocycles. The Labute approximate surface area is 163 Å². The molecule has 0 bridgehead atoms. The van der Waals surface area contributed by atoms with Crippen LogP contribution in [0.2, 0.25) is 0 Å². The Morgan fingerprint density at radius 2 is 1.70 bits per heavy atom. The third kappa shape index (κ3) is 4.45. The van der Waals surface area contributed by atoms with Crippen molar-refractivity contribution in [1.82, 2.24) is 14.5 Å². The first-order valence-electron chi connectivity index (χ1n) is 8.63. The van der Waals surface area contributed by atoms with Crippen molar-refractivity contribution in [3.63, 3.8) is 0 Å². The molecule has 1 fully saturated rings. The fourth-order valence-corrected chi connectivity index (χ4v) is 5.04. The number of carbonyl (C=O) groups excluding carboxylic acids is 1. The number of sulfonamides is 1. The average Bonchev–Trinajstić information content (AvgIpc) is 3.11. The molecule has 2 aromatic rings. The molecule has 1 N–H and O–H groups in total. The van der Waals surface area contributed by atoms with E-state index in [0.717, 1.165) is 17.0 Å². The lowest BCUT2D eigenvalue weighted by Gasteiger charge is -2.34. The second kappa shape index (κ2) is 7.53. The van der Waals surface area contributed by atoms with E-state index in [1.165, 1.54) is 4.31 Å². The van der Waals surface area contributed by atoms with E-state index in [9.17, 15) is 13.2 Å². The van der Waals surface area contributed by atoms with Gasteiger partial charge in [0, 0.05) is 37.3 Å². The number of aromatic nitrogens is 2. The molecular weight excluding hydrogens is 386 g/mol. The molecule has 2 heterocycles. The van der Waals surface area contributed by atoms with E-state index in [4.69, 9.17) is 0 Å². The van der Waals surface area contributed by atoms with E-state index in [0.29, 0.717) is 26.2 Å². The van der Waals surface area contributed by atoms with Crippen LogP contribution in [0.5, 0.6) is 0 Å². The van der Waals surface area contributed by atoms with Crippen molar-refractivity contribution in [2.75, 3.05) is 36.4 Å². The summed E-state index contributed by atoms with van der Waals surface area (Å²) in [4.78, 5) is 14.2. The van der Waals surface area contributed by atoms with Crippen LogP contribution in [-0.2, 0) is 14.8 Å². The molecule has 0 spiro atoms. The second-order valence-electron chi connectivity index (χ2n) is 7.30. The van der Waals surface area contributed by atoms with Gasteiger partial charge in [-0.2, -0.15) is 4.31 Å². The third-order valence-corrected chi connectivity index (χ3v) is 7.31. The van der Waals surface area contributed by atoms with Crippen LogP contribution in [0.1, 0.15) is 20.8 Å². The van der Waals surface area contributed by atoms with Gasteiger partial charge in [0.05, 0.1) is 0 Å². The molecule has 1 aromatic heterocycles. The van der Waals surface area contributed by atoms with E-state index in [-0.39, 0.29) is 15.4 Å². The Balaban J connectivity index is 1.66. The lowest BCUT2D eigenvalue weighted by atomic mass is 9.96. The van der Waals surface area contributed by atoms with E-state index >= 15 is 0 Å². The maximum absolute atomic E-state index is 12.8. The van der Waals surface area contributed by atoms with Gasteiger partial charge in [-0.1, -0.05) is 50.3 Å². The number of hydrogen-bond acceptors (Lipinski definition) is 7. The zero-order valence-corrected chi connectivity index (χ0v) is 17.2. The first-order chi connectivity index (χ1) is 12.7. The molecule has 146 valence electrons.